The number of hydrogen-bond acceptors (Lipinski definition) is 5. The topological polar surface area (TPSA) is 66.0 Å². The molecule has 45 heavy (non-hydrogen) atoms. The maximum Gasteiger partial charge on any atom is 0.471 e. The highest BCUT2D eigenvalue weighted by Crippen LogP contribution is 2.52. The highest BCUT2D eigenvalue weighted by Gasteiger charge is 2.63. The monoisotopic (exact) mass is 639 g/mol. The predicted molar refractivity (Wildman–Crippen MR) is 170 cm³/mol. The molecule has 0 aliphatic carbocycles. The Morgan fingerprint density at radius 2 is 1.47 bits per heavy atom. The number of benzene rings is 3. The van der Waals surface area contributed by atoms with Crippen LogP contribution in [0.3, 0.4) is 0 Å². The molecule has 2 aliphatic heterocycles. The molecule has 0 saturated carbocycles. The fourth-order valence-corrected chi connectivity index (χ4v) is 11.3. The quantitative estimate of drug-likeness (QED) is 0.215. The van der Waals surface area contributed by atoms with Crippen molar-refractivity contribution in [3.8, 4) is 0 Å². The average Bonchev–Trinajstić information content (AvgIpc) is 3.45. The molecule has 0 unspecified atom stereocenters. The van der Waals surface area contributed by atoms with Gasteiger partial charge in [-0.15, -0.1) is 6.58 Å². The van der Waals surface area contributed by atoms with E-state index in [9.17, 15) is 18.0 Å². The zero-order valence-electron chi connectivity index (χ0n) is 26.2. The van der Waals surface area contributed by atoms with Crippen molar-refractivity contribution < 1.29 is 36.6 Å². The summed E-state index contributed by atoms with van der Waals surface area (Å²) in [6.45, 7) is 14.5. The molecule has 4 atom stereocenters. The van der Waals surface area contributed by atoms with Gasteiger partial charge in [-0.2, -0.15) is 13.2 Å². The molecule has 0 aromatic heterocycles. The minimum absolute atomic E-state index is 0.0138. The van der Waals surface area contributed by atoms with Crippen LogP contribution in [0.15, 0.2) is 97.6 Å². The maximum atomic E-state index is 12.8. The van der Waals surface area contributed by atoms with Crippen LogP contribution >= 0.6 is 0 Å². The molecule has 240 valence electrons. The van der Waals surface area contributed by atoms with E-state index in [4.69, 9.17) is 18.6 Å². The summed E-state index contributed by atoms with van der Waals surface area (Å²) >= 11 is 0. The van der Waals surface area contributed by atoms with Gasteiger partial charge >= 0.3 is 12.1 Å². The normalized spacial score (nSPS) is 24.7. The molecule has 3 aromatic carbocycles. The number of alkyl halides is 3. The van der Waals surface area contributed by atoms with Crippen LogP contribution in [0.25, 0.3) is 0 Å². The summed E-state index contributed by atoms with van der Waals surface area (Å²) in [7, 11) is -2.91. The minimum atomic E-state index is -5.00. The molecule has 0 spiro atoms. The van der Waals surface area contributed by atoms with E-state index in [0.717, 1.165) is 10.4 Å². The molecule has 2 fully saturated rings. The first-order valence-corrected chi connectivity index (χ1v) is 16.9. The highest BCUT2D eigenvalue weighted by molar-refractivity contribution is 6.99. The molecular formula is C35H40F3NO5Si. The fourth-order valence-electron chi connectivity index (χ4n) is 6.69. The number of halogens is 3. The molecule has 6 nitrogen and oxygen atoms in total. The zero-order valence-corrected chi connectivity index (χ0v) is 27.2. The average molecular weight is 640 g/mol. The van der Waals surface area contributed by atoms with Crippen molar-refractivity contribution in [1.29, 1.82) is 0 Å². The van der Waals surface area contributed by atoms with Gasteiger partial charge in [-0.3, -0.25) is 4.79 Å². The van der Waals surface area contributed by atoms with Crippen molar-refractivity contribution >= 4 is 30.3 Å². The predicted octanol–water partition coefficient (Wildman–Crippen LogP) is 6.45. The maximum absolute atomic E-state index is 12.8. The zero-order chi connectivity index (χ0) is 32.7. The molecule has 5 rings (SSSR count). The van der Waals surface area contributed by atoms with Crippen LogP contribution in [0.2, 0.25) is 5.04 Å². The van der Waals surface area contributed by atoms with Gasteiger partial charge < -0.3 is 24.0 Å². The van der Waals surface area contributed by atoms with Gasteiger partial charge in [0.25, 0.3) is 8.32 Å². The Hall–Kier alpha value is -3.28. The van der Waals surface area contributed by atoms with E-state index in [2.05, 4.69) is 51.6 Å². The highest BCUT2D eigenvalue weighted by atomic mass is 28.4. The lowest BCUT2D eigenvalue weighted by atomic mass is 9.84. The van der Waals surface area contributed by atoms with Crippen LogP contribution in [0.1, 0.15) is 46.6 Å². The summed E-state index contributed by atoms with van der Waals surface area (Å²) in [4.78, 5) is 11.5. The molecule has 10 heteroatoms. The summed E-state index contributed by atoms with van der Waals surface area (Å²) in [5.74, 6) is -2.95. The van der Waals surface area contributed by atoms with Crippen LogP contribution in [0.5, 0.6) is 0 Å². The van der Waals surface area contributed by atoms with E-state index in [1.165, 1.54) is 12.1 Å². The number of carbonyl (C=O) groups is 1. The second-order valence-electron chi connectivity index (χ2n) is 13.1. The lowest BCUT2D eigenvalue weighted by Crippen LogP contribution is -2.67. The van der Waals surface area contributed by atoms with E-state index in [-0.39, 0.29) is 17.3 Å². The van der Waals surface area contributed by atoms with Crippen molar-refractivity contribution in [3.63, 3.8) is 0 Å². The second kappa shape index (κ2) is 12.1. The van der Waals surface area contributed by atoms with Crippen LogP contribution in [-0.4, -0.2) is 51.1 Å². The minimum Gasteiger partial charge on any atom is -0.405 e. The summed E-state index contributed by atoms with van der Waals surface area (Å²) in [6, 6.07) is 26.8. The standard InChI is InChI=1S/C35H40F3NO5Si/c1-7-22-34(24-18-20-25(21-19-24)39-31(40)35(36,37)38)30-29(43-33(5,6)44-30)28(42-34)23-41-45(32(2,3)4,26-14-10-8-11-15-26)27-16-12-9-13-17-27/h7-21,28-30H,1,22-23H2,2-6H3,(H,39,40)/t28-,29-,30-,34+/m1/s1. The van der Waals surface area contributed by atoms with Crippen molar-refractivity contribution in [1.82, 2.24) is 0 Å². The van der Waals surface area contributed by atoms with Crippen molar-refractivity contribution in [2.45, 2.75) is 82.0 Å². The van der Waals surface area contributed by atoms with Gasteiger partial charge in [0, 0.05) is 12.1 Å². The Kier molecular flexibility index (Phi) is 8.93. The molecule has 1 amide bonds. The van der Waals surface area contributed by atoms with Gasteiger partial charge in [-0.05, 0) is 47.0 Å². The molecule has 0 bridgehead atoms. The van der Waals surface area contributed by atoms with Crippen molar-refractivity contribution in [3.05, 3.63) is 103 Å². The number of hydrogen-bond donors (Lipinski definition) is 1. The van der Waals surface area contributed by atoms with E-state index < -0.39 is 50.1 Å². The van der Waals surface area contributed by atoms with E-state index in [0.29, 0.717) is 12.0 Å². The molecule has 3 aromatic rings. The first kappa shape index (κ1) is 33.1. The smallest absolute Gasteiger partial charge is 0.405 e. The number of ether oxygens (including phenoxy) is 3. The van der Waals surface area contributed by atoms with Crippen LogP contribution in [0, 0.1) is 0 Å². The molecular weight excluding hydrogens is 599 g/mol. The van der Waals surface area contributed by atoms with Crippen LogP contribution < -0.4 is 15.7 Å². The van der Waals surface area contributed by atoms with E-state index in [1.54, 1.807) is 18.2 Å². The lowest BCUT2D eigenvalue weighted by Gasteiger charge is -2.43. The van der Waals surface area contributed by atoms with Gasteiger partial charge in [0.2, 0.25) is 0 Å². The van der Waals surface area contributed by atoms with Gasteiger partial charge in [0.05, 0.1) is 6.61 Å². The largest absolute Gasteiger partial charge is 0.471 e. The Bertz CT molecular complexity index is 1450. The Balaban J connectivity index is 1.52. The van der Waals surface area contributed by atoms with E-state index >= 15 is 0 Å². The summed E-state index contributed by atoms with van der Waals surface area (Å²) in [5, 5.41) is 3.91. The van der Waals surface area contributed by atoms with Crippen LogP contribution in [0.4, 0.5) is 18.9 Å². The number of amides is 1. The number of anilines is 1. The number of nitrogens with one attached hydrogen (secondary N) is 1. The van der Waals surface area contributed by atoms with Gasteiger partial charge in [-0.25, -0.2) is 0 Å². The lowest BCUT2D eigenvalue weighted by molar-refractivity contribution is -0.214. The Morgan fingerprint density at radius 1 is 0.911 bits per heavy atom. The molecule has 2 aliphatic rings. The van der Waals surface area contributed by atoms with Gasteiger partial charge in [-0.1, -0.05) is 99.6 Å². The third-order valence-electron chi connectivity index (χ3n) is 8.53. The molecule has 2 heterocycles. The van der Waals surface area contributed by atoms with E-state index in [1.807, 2.05) is 55.6 Å². The second-order valence-corrected chi connectivity index (χ2v) is 17.4. The summed E-state index contributed by atoms with van der Waals surface area (Å²) < 4.78 is 65.6. The Morgan fingerprint density at radius 3 is 1.96 bits per heavy atom. The van der Waals surface area contributed by atoms with Crippen LogP contribution in [-0.2, 0) is 29.0 Å². The summed E-state index contributed by atoms with van der Waals surface area (Å²) in [6.07, 6.45) is -4.52. The Labute approximate surface area is 263 Å². The number of carbonyl (C=O) groups excluding carboxylic acids is 1. The summed E-state index contributed by atoms with van der Waals surface area (Å²) in [5.41, 5.74) is -0.386. The first-order valence-electron chi connectivity index (χ1n) is 15.0. The SMILES string of the molecule is C=CC[C@@]1(c2ccc(NC(=O)C(F)(F)F)cc2)O[C@H](CO[Si](c2ccccc2)(c2ccccc2)C(C)(C)C)[C@H]2OC(C)(C)O[C@H]21. The molecule has 2 saturated heterocycles. The fraction of sp³-hybridized carbons (Fsp3) is 0.400. The van der Waals surface area contributed by atoms with Gasteiger partial charge in [0.1, 0.15) is 23.9 Å². The van der Waals surface area contributed by atoms with Crippen molar-refractivity contribution in [2.24, 2.45) is 0 Å². The number of fused-ring (bicyclic) bond motifs is 1. The number of rotatable bonds is 9. The third-order valence-corrected chi connectivity index (χ3v) is 13.5. The molecule has 0 radical (unpaired) electrons. The van der Waals surface area contributed by atoms with Gasteiger partial charge in [0.15, 0.2) is 5.79 Å². The first-order chi connectivity index (χ1) is 21.1. The van der Waals surface area contributed by atoms with Crippen molar-refractivity contribution in [2.75, 3.05) is 11.9 Å². The third kappa shape index (κ3) is 6.26. The molecule has 1 N–H and O–H groups in total.